The molecule has 3 heterocycles. The van der Waals surface area contributed by atoms with Gasteiger partial charge in [0.15, 0.2) is 0 Å². The van der Waals surface area contributed by atoms with Crippen molar-refractivity contribution in [2.45, 2.75) is 39.1 Å². The third-order valence-electron chi connectivity index (χ3n) is 4.94. The molecule has 2 N–H and O–H groups in total. The lowest BCUT2D eigenvalue weighted by molar-refractivity contribution is 0.200. The average molecular weight is 378 g/mol. The number of aliphatic hydroxyl groups is 1. The lowest BCUT2D eigenvalue weighted by Crippen LogP contribution is -2.33. The second-order valence-electron chi connectivity index (χ2n) is 7.15. The molecule has 1 atom stereocenters. The highest BCUT2D eigenvalue weighted by Gasteiger charge is 2.22. The van der Waals surface area contributed by atoms with Crippen molar-refractivity contribution < 1.29 is 5.11 Å². The van der Waals surface area contributed by atoms with E-state index < -0.39 is 6.10 Å². The van der Waals surface area contributed by atoms with Gasteiger partial charge in [0, 0.05) is 44.1 Å². The number of nitrogens with one attached hydrogen (secondary N) is 1. The van der Waals surface area contributed by atoms with E-state index in [1.807, 2.05) is 53.5 Å². The predicted octanol–water partition coefficient (Wildman–Crippen LogP) is 2.59. The zero-order valence-corrected chi connectivity index (χ0v) is 16.1. The summed E-state index contributed by atoms with van der Waals surface area (Å²) in [4.78, 5) is 11.1. The Morgan fingerprint density at radius 2 is 1.93 bits per heavy atom. The minimum Gasteiger partial charge on any atom is -0.382 e. The number of nitrogens with zero attached hydrogens (tertiary/aromatic N) is 5. The smallest absolute Gasteiger partial charge is 0.222 e. The maximum absolute atomic E-state index is 10.6. The van der Waals surface area contributed by atoms with Crippen LogP contribution in [-0.4, -0.2) is 42.8 Å². The van der Waals surface area contributed by atoms with E-state index in [4.69, 9.17) is 0 Å². The molecule has 0 radical (unpaired) electrons. The summed E-state index contributed by atoms with van der Waals surface area (Å²) in [5.41, 5.74) is 3.79. The van der Waals surface area contributed by atoms with Crippen molar-refractivity contribution in [3.63, 3.8) is 0 Å². The standard InChI is InChI=1S/C21H26N6O/c1-2-8-22-21-23-12-16(13-24-21)14-26-9-10-27-18(15-26)11-19(25-27)20(28)17-6-4-3-5-7-17/h3-7,11-13,20,28H,2,8-10,14-15H2,1H3,(H,22,23,24). The summed E-state index contributed by atoms with van der Waals surface area (Å²) in [6.45, 7) is 6.32. The van der Waals surface area contributed by atoms with Crippen LogP contribution in [0.25, 0.3) is 0 Å². The number of hydrogen-bond acceptors (Lipinski definition) is 6. The molecule has 7 nitrogen and oxygen atoms in total. The van der Waals surface area contributed by atoms with Gasteiger partial charge in [0.1, 0.15) is 6.10 Å². The molecular weight excluding hydrogens is 352 g/mol. The molecule has 0 spiro atoms. The van der Waals surface area contributed by atoms with Crippen molar-refractivity contribution in [1.82, 2.24) is 24.6 Å². The number of anilines is 1. The molecule has 0 aliphatic carbocycles. The molecule has 0 amide bonds. The molecule has 0 saturated carbocycles. The number of benzene rings is 1. The van der Waals surface area contributed by atoms with Gasteiger partial charge in [-0.15, -0.1) is 0 Å². The summed E-state index contributed by atoms with van der Waals surface area (Å²) in [5, 5.41) is 18.4. The van der Waals surface area contributed by atoms with Crippen molar-refractivity contribution in [1.29, 1.82) is 0 Å². The van der Waals surface area contributed by atoms with Crippen LogP contribution >= 0.6 is 0 Å². The van der Waals surface area contributed by atoms with E-state index in [0.717, 1.165) is 56.0 Å². The van der Waals surface area contributed by atoms with Crippen molar-refractivity contribution in [3.8, 4) is 0 Å². The number of hydrogen-bond donors (Lipinski definition) is 2. The van der Waals surface area contributed by atoms with Crippen LogP contribution in [-0.2, 0) is 19.6 Å². The third kappa shape index (κ3) is 4.21. The van der Waals surface area contributed by atoms with Crippen LogP contribution in [0.15, 0.2) is 48.8 Å². The van der Waals surface area contributed by atoms with Crippen molar-refractivity contribution in [2.24, 2.45) is 0 Å². The highest BCUT2D eigenvalue weighted by molar-refractivity contribution is 5.27. The summed E-state index contributed by atoms with van der Waals surface area (Å²) in [6.07, 6.45) is 4.14. The first kappa shape index (κ1) is 18.6. The molecule has 1 aliphatic rings. The topological polar surface area (TPSA) is 79.1 Å². The van der Waals surface area contributed by atoms with Crippen LogP contribution in [0.1, 0.15) is 42.0 Å². The Kier molecular flexibility index (Phi) is 5.64. The molecule has 0 fully saturated rings. The van der Waals surface area contributed by atoms with E-state index in [2.05, 4.69) is 32.2 Å². The molecule has 1 aliphatic heterocycles. The Labute approximate surface area is 165 Å². The molecule has 2 aromatic heterocycles. The van der Waals surface area contributed by atoms with Gasteiger partial charge in [0.25, 0.3) is 0 Å². The maximum atomic E-state index is 10.6. The minimum atomic E-state index is -0.690. The minimum absolute atomic E-state index is 0.682. The van der Waals surface area contributed by atoms with Crippen molar-refractivity contribution >= 4 is 5.95 Å². The van der Waals surface area contributed by atoms with Crippen LogP contribution in [0.3, 0.4) is 0 Å². The second-order valence-corrected chi connectivity index (χ2v) is 7.15. The van der Waals surface area contributed by atoms with Gasteiger partial charge >= 0.3 is 0 Å². The number of rotatable bonds is 7. The molecule has 0 saturated heterocycles. The molecule has 3 aromatic rings. The first-order valence-corrected chi connectivity index (χ1v) is 9.79. The van der Waals surface area contributed by atoms with Gasteiger partial charge in [-0.05, 0) is 18.1 Å². The van der Waals surface area contributed by atoms with E-state index in [1.165, 1.54) is 0 Å². The van der Waals surface area contributed by atoms with Crippen LogP contribution in [0.5, 0.6) is 0 Å². The largest absolute Gasteiger partial charge is 0.382 e. The van der Waals surface area contributed by atoms with E-state index in [0.29, 0.717) is 11.6 Å². The summed E-state index contributed by atoms with van der Waals surface area (Å²) >= 11 is 0. The molecule has 4 rings (SSSR count). The fraction of sp³-hybridized carbons (Fsp3) is 0.381. The highest BCUT2D eigenvalue weighted by Crippen LogP contribution is 2.24. The first-order valence-electron chi connectivity index (χ1n) is 9.79. The molecule has 0 bridgehead atoms. The molecule has 7 heteroatoms. The fourth-order valence-corrected chi connectivity index (χ4v) is 3.44. The van der Waals surface area contributed by atoms with Gasteiger partial charge in [0.2, 0.25) is 5.95 Å². The molecule has 28 heavy (non-hydrogen) atoms. The molecule has 1 aromatic carbocycles. The Balaban J connectivity index is 1.40. The Morgan fingerprint density at radius 3 is 2.68 bits per heavy atom. The Hall–Kier alpha value is -2.77. The zero-order valence-electron chi connectivity index (χ0n) is 16.1. The van der Waals surface area contributed by atoms with Gasteiger partial charge in [-0.1, -0.05) is 37.3 Å². The van der Waals surface area contributed by atoms with E-state index in [1.54, 1.807) is 0 Å². The quantitative estimate of drug-likeness (QED) is 0.658. The maximum Gasteiger partial charge on any atom is 0.222 e. The van der Waals surface area contributed by atoms with Crippen LogP contribution < -0.4 is 5.32 Å². The number of fused-ring (bicyclic) bond motifs is 1. The normalized spacial score (nSPS) is 15.2. The van der Waals surface area contributed by atoms with Gasteiger partial charge in [-0.25, -0.2) is 9.97 Å². The Morgan fingerprint density at radius 1 is 1.14 bits per heavy atom. The van der Waals surface area contributed by atoms with E-state index in [-0.39, 0.29) is 0 Å². The third-order valence-corrected chi connectivity index (χ3v) is 4.94. The second kappa shape index (κ2) is 8.50. The number of aromatic nitrogens is 4. The lowest BCUT2D eigenvalue weighted by Gasteiger charge is -2.27. The first-order chi connectivity index (χ1) is 13.7. The highest BCUT2D eigenvalue weighted by atomic mass is 16.3. The van der Waals surface area contributed by atoms with Crippen molar-refractivity contribution in [3.05, 3.63) is 71.3 Å². The monoisotopic (exact) mass is 378 g/mol. The summed E-state index contributed by atoms with van der Waals surface area (Å²) in [7, 11) is 0. The van der Waals surface area contributed by atoms with Crippen molar-refractivity contribution in [2.75, 3.05) is 18.4 Å². The zero-order chi connectivity index (χ0) is 19.3. The summed E-state index contributed by atoms with van der Waals surface area (Å²) in [5.74, 6) is 0.682. The predicted molar refractivity (Wildman–Crippen MR) is 108 cm³/mol. The number of aliphatic hydroxyl groups excluding tert-OH is 1. The lowest BCUT2D eigenvalue weighted by atomic mass is 10.1. The molecule has 146 valence electrons. The van der Waals surface area contributed by atoms with Gasteiger partial charge < -0.3 is 10.4 Å². The van der Waals surface area contributed by atoms with E-state index >= 15 is 0 Å². The SMILES string of the molecule is CCCNc1ncc(CN2CCn3nc(C(O)c4ccccc4)cc3C2)cn1. The summed E-state index contributed by atoms with van der Waals surface area (Å²) < 4.78 is 2.01. The summed E-state index contributed by atoms with van der Waals surface area (Å²) in [6, 6.07) is 11.7. The van der Waals surface area contributed by atoms with Crippen LogP contribution in [0.4, 0.5) is 5.95 Å². The van der Waals surface area contributed by atoms with Crippen LogP contribution in [0, 0.1) is 0 Å². The van der Waals surface area contributed by atoms with E-state index in [9.17, 15) is 5.11 Å². The van der Waals surface area contributed by atoms with Crippen LogP contribution in [0.2, 0.25) is 0 Å². The average Bonchev–Trinajstić information content (AvgIpc) is 3.17. The Bertz CT molecular complexity index is 893. The van der Waals surface area contributed by atoms with Gasteiger partial charge in [0.05, 0.1) is 17.9 Å². The van der Waals surface area contributed by atoms with Gasteiger partial charge in [-0.2, -0.15) is 5.10 Å². The fourth-order valence-electron chi connectivity index (χ4n) is 3.44. The molecular formula is C21H26N6O. The molecule has 1 unspecified atom stereocenters. The van der Waals surface area contributed by atoms with Gasteiger partial charge in [-0.3, -0.25) is 9.58 Å².